The molecule has 0 fully saturated rings. The second-order valence-corrected chi connectivity index (χ2v) is 6.84. The first-order valence-electron chi connectivity index (χ1n) is 8.73. The fourth-order valence-electron chi connectivity index (χ4n) is 3.74. The van der Waals surface area contributed by atoms with Gasteiger partial charge < -0.3 is 14.2 Å². The summed E-state index contributed by atoms with van der Waals surface area (Å²) in [5, 5.41) is 2.11. The molecule has 1 aromatic carbocycles. The van der Waals surface area contributed by atoms with Gasteiger partial charge in [-0.2, -0.15) is 0 Å². The van der Waals surface area contributed by atoms with Crippen LogP contribution in [0.4, 0.5) is 17.3 Å². The highest BCUT2D eigenvalue weighted by Crippen LogP contribution is 2.42. The number of fused-ring (bicyclic) bond motifs is 4. The van der Waals surface area contributed by atoms with E-state index in [1.807, 2.05) is 12.1 Å². The Kier molecular flexibility index (Phi) is 3.16. The summed E-state index contributed by atoms with van der Waals surface area (Å²) in [6.07, 6.45) is 5.24. The van der Waals surface area contributed by atoms with Gasteiger partial charge in [0.15, 0.2) is 17.2 Å². The summed E-state index contributed by atoms with van der Waals surface area (Å²) in [6, 6.07) is 8.54. The molecule has 130 valence electrons. The van der Waals surface area contributed by atoms with Crippen LogP contribution in [0, 0.1) is 6.92 Å². The van der Waals surface area contributed by atoms with Crippen LogP contribution in [0.1, 0.15) is 12.5 Å². The minimum Gasteiger partial charge on any atom is -0.435 e. The van der Waals surface area contributed by atoms with Crippen molar-refractivity contribution >= 4 is 39.4 Å². The van der Waals surface area contributed by atoms with Crippen molar-refractivity contribution < 1.29 is 4.42 Å². The van der Waals surface area contributed by atoms with Crippen LogP contribution < -0.4 is 9.80 Å². The minimum absolute atomic E-state index is 0.302. The lowest BCUT2D eigenvalue weighted by molar-refractivity contribution is 0.631. The smallest absolute Gasteiger partial charge is 0.227 e. The molecule has 3 aromatic heterocycles. The maximum absolute atomic E-state index is 6.18. The second-order valence-electron chi connectivity index (χ2n) is 6.84. The Morgan fingerprint density at radius 1 is 1.00 bits per heavy atom. The third kappa shape index (κ3) is 2.02. The van der Waals surface area contributed by atoms with Gasteiger partial charge in [-0.1, -0.05) is 12.1 Å². The summed E-state index contributed by atoms with van der Waals surface area (Å²) >= 11 is 0. The molecule has 0 aliphatic carbocycles. The van der Waals surface area contributed by atoms with Crippen LogP contribution >= 0.6 is 0 Å². The summed E-state index contributed by atoms with van der Waals surface area (Å²) in [4.78, 5) is 18.0. The van der Waals surface area contributed by atoms with Crippen molar-refractivity contribution in [2.75, 3.05) is 23.4 Å². The number of furan rings is 1. The van der Waals surface area contributed by atoms with E-state index in [1.165, 1.54) is 0 Å². The molecule has 26 heavy (non-hydrogen) atoms. The average Bonchev–Trinajstić information content (AvgIpc) is 3.03. The van der Waals surface area contributed by atoms with E-state index in [1.54, 1.807) is 18.6 Å². The minimum atomic E-state index is 0.302. The molecular formula is C20H19N5O. The van der Waals surface area contributed by atoms with Crippen molar-refractivity contribution in [3.05, 3.63) is 48.4 Å². The Labute approximate surface area is 151 Å². The molecule has 0 radical (unpaired) electrons. The zero-order valence-electron chi connectivity index (χ0n) is 15.0. The predicted octanol–water partition coefficient (Wildman–Crippen LogP) is 4.06. The number of hydrogen-bond donors (Lipinski definition) is 0. The number of likely N-dealkylation sites (N-methyl/N-ethyl adjacent to an activating group) is 1. The van der Waals surface area contributed by atoms with Gasteiger partial charge in [-0.15, -0.1) is 0 Å². The Bertz CT molecular complexity index is 1140. The molecule has 0 saturated heterocycles. The lowest BCUT2D eigenvalue weighted by Crippen LogP contribution is -2.44. The molecule has 0 unspecified atom stereocenters. The van der Waals surface area contributed by atoms with Crippen molar-refractivity contribution in [3.63, 3.8) is 0 Å². The van der Waals surface area contributed by atoms with Crippen LogP contribution in [0.2, 0.25) is 0 Å². The number of pyridine rings is 1. The van der Waals surface area contributed by atoms with Gasteiger partial charge in [0.25, 0.3) is 0 Å². The Morgan fingerprint density at radius 2 is 1.81 bits per heavy atom. The van der Waals surface area contributed by atoms with Gasteiger partial charge >= 0.3 is 0 Å². The molecule has 6 nitrogen and oxygen atoms in total. The fourth-order valence-corrected chi connectivity index (χ4v) is 3.74. The topological polar surface area (TPSA) is 58.3 Å². The first-order chi connectivity index (χ1) is 12.6. The van der Waals surface area contributed by atoms with Gasteiger partial charge in [0.05, 0.1) is 5.69 Å². The molecule has 1 atom stereocenters. The van der Waals surface area contributed by atoms with Gasteiger partial charge in [-0.05, 0) is 31.5 Å². The van der Waals surface area contributed by atoms with Crippen LogP contribution in [0.3, 0.4) is 0 Å². The Balaban J connectivity index is 1.82. The standard InChI is InChI=1S/C20H19N5O/c1-12-6-7-14-15-5-4-8-23-20(15)26-17(14)16(12)25-11-13(2)24(3)18-19(25)22-10-9-21-18/h4-10,13H,11H2,1-3H3/t13-/m1/s1. The molecule has 0 bridgehead atoms. The highest BCUT2D eigenvalue weighted by atomic mass is 16.3. The van der Waals surface area contributed by atoms with E-state index in [0.717, 1.165) is 45.8 Å². The van der Waals surface area contributed by atoms with E-state index in [-0.39, 0.29) is 0 Å². The largest absolute Gasteiger partial charge is 0.435 e. The van der Waals surface area contributed by atoms with Gasteiger partial charge in [0, 0.05) is 49.0 Å². The first-order valence-corrected chi connectivity index (χ1v) is 8.73. The number of benzene rings is 1. The molecule has 0 spiro atoms. The zero-order chi connectivity index (χ0) is 17.8. The van der Waals surface area contributed by atoms with Crippen LogP contribution in [0.25, 0.3) is 22.1 Å². The molecule has 1 aliphatic heterocycles. The predicted molar refractivity (Wildman–Crippen MR) is 103 cm³/mol. The van der Waals surface area contributed by atoms with Crippen LogP contribution in [0.15, 0.2) is 47.3 Å². The van der Waals surface area contributed by atoms with E-state index in [0.29, 0.717) is 11.8 Å². The van der Waals surface area contributed by atoms with Crippen molar-refractivity contribution in [2.24, 2.45) is 0 Å². The number of hydrogen-bond acceptors (Lipinski definition) is 6. The second kappa shape index (κ2) is 5.42. The zero-order valence-corrected chi connectivity index (χ0v) is 15.0. The number of anilines is 3. The Morgan fingerprint density at radius 3 is 2.65 bits per heavy atom. The van der Waals surface area contributed by atoms with Crippen molar-refractivity contribution in [3.8, 4) is 0 Å². The third-order valence-corrected chi connectivity index (χ3v) is 5.22. The third-order valence-electron chi connectivity index (χ3n) is 5.22. The van der Waals surface area contributed by atoms with Gasteiger partial charge in [0.1, 0.15) is 0 Å². The molecule has 0 N–H and O–H groups in total. The number of aryl methyl sites for hydroxylation is 1. The molecule has 4 heterocycles. The fraction of sp³-hybridized carbons (Fsp3) is 0.250. The van der Waals surface area contributed by atoms with Gasteiger partial charge in [-0.3, -0.25) is 0 Å². The summed E-state index contributed by atoms with van der Waals surface area (Å²) in [7, 11) is 2.06. The summed E-state index contributed by atoms with van der Waals surface area (Å²) < 4.78 is 6.18. The first kappa shape index (κ1) is 15.1. The molecule has 0 saturated carbocycles. The van der Waals surface area contributed by atoms with Crippen LogP contribution in [-0.4, -0.2) is 34.6 Å². The quantitative estimate of drug-likeness (QED) is 0.519. The van der Waals surface area contributed by atoms with Gasteiger partial charge in [0.2, 0.25) is 5.71 Å². The highest BCUT2D eigenvalue weighted by Gasteiger charge is 2.31. The lowest BCUT2D eigenvalue weighted by atomic mass is 10.1. The summed E-state index contributed by atoms with van der Waals surface area (Å²) in [5.41, 5.74) is 3.70. The maximum atomic E-state index is 6.18. The average molecular weight is 345 g/mol. The monoisotopic (exact) mass is 345 g/mol. The maximum Gasteiger partial charge on any atom is 0.227 e. The van der Waals surface area contributed by atoms with Crippen molar-refractivity contribution in [2.45, 2.75) is 19.9 Å². The summed E-state index contributed by atoms with van der Waals surface area (Å²) in [5.74, 6) is 1.74. The Hall–Kier alpha value is -3.15. The van der Waals surface area contributed by atoms with Crippen molar-refractivity contribution in [1.29, 1.82) is 0 Å². The number of aromatic nitrogens is 3. The van der Waals surface area contributed by atoms with E-state index in [4.69, 9.17) is 4.42 Å². The van der Waals surface area contributed by atoms with E-state index in [2.05, 4.69) is 57.8 Å². The SMILES string of the molecule is Cc1ccc2c(oc3ncccc32)c1N1C[C@@H](C)N(C)c2nccnc21. The highest BCUT2D eigenvalue weighted by molar-refractivity contribution is 6.09. The van der Waals surface area contributed by atoms with Gasteiger partial charge in [-0.25, -0.2) is 15.0 Å². The van der Waals surface area contributed by atoms with Crippen LogP contribution in [0.5, 0.6) is 0 Å². The van der Waals surface area contributed by atoms with E-state index >= 15 is 0 Å². The van der Waals surface area contributed by atoms with Crippen molar-refractivity contribution in [1.82, 2.24) is 15.0 Å². The van der Waals surface area contributed by atoms with E-state index in [9.17, 15) is 0 Å². The summed E-state index contributed by atoms with van der Waals surface area (Å²) in [6.45, 7) is 5.11. The number of nitrogens with zero attached hydrogens (tertiary/aromatic N) is 5. The van der Waals surface area contributed by atoms with E-state index < -0.39 is 0 Å². The van der Waals surface area contributed by atoms with Crippen LogP contribution in [-0.2, 0) is 0 Å². The molecule has 0 amide bonds. The molecule has 6 heteroatoms. The molecule has 4 aromatic rings. The normalized spacial score (nSPS) is 17.1. The molecular weight excluding hydrogens is 326 g/mol. The molecule has 1 aliphatic rings. The number of rotatable bonds is 1. The lowest BCUT2D eigenvalue weighted by Gasteiger charge is -2.39. The molecule has 5 rings (SSSR count).